The smallest absolute Gasteiger partial charge is 0.412 e. The molecule has 0 bridgehead atoms. The zero-order chi connectivity index (χ0) is 13.8. The Morgan fingerprint density at radius 1 is 1.53 bits per heavy atom. The van der Waals surface area contributed by atoms with Gasteiger partial charge in [0.25, 0.3) is 0 Å². The van der Waals surface area contributed by atoms with E-state index in [0.717, 1.165) is 10.7 Å². The lowest BCUT2D eigenvalue weighted by Gasteiger charge is -2.18. The molecule has 0 saturated carbocycles. The molecule has 0 aliphatic heterocycles. The molecule has 6 heteroatoms. The van der Waals surface area contributed by atoms with Gasteiger partial charge in [0, 0.05) is 11.4 Å². The molecule has 1 aromatic carbocycles. The summed E-state index contributed by atoms with van der Waals surface area (Å²) in [5.74, 6) is 0.623. The van der Waals surface area contributed by atoms with Gasteiger partial charge >= 0.3 is 6.09 Å². The quantitative estimate of drug-likeness (QED) is 0.933. The van der Waals surface area contributed by atoms with Crippen LogP contribution in [0.5, 0.6) is 5.75 Å². The van der Waals surface area contributed by atoms with Crippen molar-refractivity contribution < 1.29 is 14.6 Å². The zero-order valence-corrected chi connectivity index (χ0v) is 11.5. The van der Waals surface area contributed by atoms with Crippen molar-refractivity contribution >= 4 is 23.1 Å². The van der Waals surface area contributed by atoms with Crippen molar-refractivity contribution in [1.29, 1.82) is 0 Å². The zero-order valence-electron chi connectivity index (χ0n) is 10.7. The van der Waals surface area contributed by atoms with Crippen LogP contribution in [0.2, 0.25) is 0 Å². The fourth-order valence-electron chi connectivity index (χ4n) is 1.69. The number of nitrogens with zero attached hydrogens (tertiary/aromatic N) is 2. The van der Waals surface area contributed by atoms with Crippen LogP contribution in [0.3, 0.4) is 0 Å². The van der Waals surface area contributed by atoms with Crippen molar-refractivity contribution in [1.82, 2.24) is 4.98 Å². The van der Waals surface area contributed by atoms with E-state index in [-0.39, 0.29) is 6.54 Å². The Kier molecular flexibility index (Phi) is 4.01. The molecule has 1 amide bonds. The summed E-state index contributed by atoms with van der Waals surface area (Å²) in [5, 5.41) is 12.1. The van der Waals surface area contributed by atoms with Crippen LogP contribution < -0.4 is 9.64 Å². The summed E-state index contributed by atoms with van der Waals surface area (Å²) in [7, 11) is 1.55. The number of amides is 1. The first-order valence-corrected chi connectivity index (χ1v) is 6.53. The van der Waals surface area contributed by atoms with E-state index in [1.165, 1.54) is 16.2 Å². The molecular formula is C13H14N2O3S. The minimum atomic E-state index is -1.01. The van der Waals surface area contributed by atoms with Crippen LogP contribution in [0.1, 0.15) is 10.7 Å². The molecule has 100 valence electrons. The van der Waals surface area contributed by atoms with Crippen molar-refractivity contribution in [2.24, 2.45) is 0 Å². The molecule has 0 radical (unpaired) electrons. The summed E-state index contributed by atoms with van der Waals surface area (Å²) < 4.78 is 5.11. The fraction of sp³-hybridized carbons (Fsp3) is 0.231. The Balaban J connectivity index is 2.26. The average molecular weight is 278 g/mol. The van der Waals surface area contributed by atoms with Crippen LogP contribution in [0.25, 0.3) is 0 Å². The third kappa shape index (κ3) is 3.23. The predicted molar refractivity (Wildman–Crippen MR) is 74.1 cm³/mol. The molecular weight excluding hydrogens is 264 g/mol. The van der Waals surface area contributed by atoms with E-state index in [9.17, 15) is 9.90 Å². The van der Waals surface area contributed by atoms with Gasteiger partial charge < -0.3 is 9.84 Å². The topological polar surface area (TPSA) is 62.7 Å². The molecule has 5 nitrogen and oxygen atoms in total. The van der Waals surface area contributed by atoms with Crippen LogP contribution in [0.4, 0.5) is 10.5 Å². The molecule has 2 rings (SSSR count). The average Bonchev–Trinajstić information content (AvgIpc) is 2.81. The molecule has 0 unspecified atom stereocenters. The highest BCUT2D eigenvalue weighted by atomic mass is 32.1. The third-order valence-corrected chi connectivity index (χ3v) is 3.40. The van der Waals surface area contributed by atoms with E-state index in [2.05, 4.69) is 4.98 Å². The first-order chi connectivity index (χ1) is 9.10. The van der Waals surface area contributed by atoms with E-state index < -0.39 is 6.09 Å². The van der Waals surface area contributed by atoms with Gasteiger partial charge in [-0.25, -0.2) is 9.78 Å². The number of benzene rings is 1. The number of anilines is 1. The Hall–Kier alpha value is -2.08. The second-order valence-electron chi connectivity index (χ2n) is 3.93. The minimum absolute atomic E-state index is 0.229. The van der Waals surface area contributed by atoms with Crippen LogP contribution in [-0.2, 0) is 6.54 Å². The van der Waals surface area contributed by atoms with Crippen LogP contribution >= 0.6 is 11.3 Å². The molecule has 0 aliphatic rings. The molecule has 0 atom stereocenters. The number of ether oxygens (including phenoxy) is 1. The predicted octanol–water partition coefficient (Wildman–Crippen LogP) is 3.14. The molecule has 19 heavy (non-hydrogen) atoms. The number of carbonyl (C=O) groups is 1. The van der Waals surface area contributed by atoms with Crippen LogP contribution in [0, 0.1) is 6.92 Å². The molecule has 1 heterocycles. The molecule has 0 fully saturated rings. The van der Waals surface area contributed by atoms with Crippen molar-refractivity contribution in [3.8, 4) is 5.75 Å². The normalized spacial score (nSPS) is 10.2. The highest BCUT2D eigenvalue weighted by Gasteiger charge is 2.16. The number of hydrogen-bond acceptors (Lipinski definition) is 4. The first kappa shape index (κ1) is 13.4. The van der Waals surface area contributed by atoms with E-state index >= 15 is 0 Å². The van der Waals surface area contributed by atoms with Gasteiger partial charge in [0.05, 0.1) is 30.0 Å². The number of aromatic nitrogens is 1. The van der Waals surface area contributed by atoms with E-state index in [1.807, 2.05) is 12.3 Å². The van der Waals surface area contributed by atoms with Crippen molar-refractivity contribution in [2.45, 2.75) is 13.5 Å². The molecule has 0 spiro atoms. The van der Waals surface area contributed by atoms with Gasteiger partial charge in [-0.3, -0.25) is 4.90 Å². The number of methoxy groups -OCH3 is 1. The maximum atomic E-state index is 11.4. The monoisotopic (exact) mass is 278 g/mol. The number of aryl methyl sites for hydroxylation is 1. The van der Waals surface area contributed by atoms with Gasteiger partial charge in [0.15, 0.2) is 0 Å². The van der Waals surface area contributed by atoms with Gasteiger partial charge in [0.2, 0.25) is 0 Å². The standard InChI is InChI=1S/C13H14N2O3S/c1-9-14-10(8-19-9)7-15(13(16)17)11-4-3-5-12(6-11)18-2/h3-6,8H,7H2,1-2H3,(H,16,17). The van der Waals surface area contributed by atoms with Gasteiger partial charge in [-0.2, -0.15) is 0 Å². The maximum absolute atomic E-state index is 11.4. The van der Waals surface area contributed by atoms with Gasteiger partial charge in [-0.15, -0.1) is 11.3 Å². The van der Waals surface area contributed by atoms with Crippen LogP contribution in [0.15, 0.2) is 29.6 Å². The second-order valence-corrected chi connectivity index (χ2v) is 4.99. The Bertz CT molecular complexity index is 583. The maximum Gasteiger partial charge on any atom is 0.412 e. The van der Waals surface area contributed by atoms with Gasteiger partial charge in [-0.05, 0) is 19.1 Å². The Morgan fingerprint density at radius 2 is 2.32 bits per heavy atom. The molecule has 1 N–H and O–H groups in total. The summed E-state index contributed by atoms with van der Waals surface area (Å²) in [6.45, 7) is 2.12. The third-order valence-electron chi connectivity index (χ3n) is 2.58. The van der Waals surface area contributed by atoms with E-state index in [1.54, 1.807) is 31.4 Å². The Morgan fingerprint density at radius 3 is 2.89 bits per heavy atom. The number of thiazole rings is 1. The van der Waals surface area contributed by atoms with E-state index in [4.69, 9.17) is 4.74 Å². The SMILES string of the molecule is COc1cccc(N(Cc2csc(C)n2)C(=O)O)c1. The van der Waals surface area contributed by atoms with Crippen molar-refractivity contribution in [3.05, 3.63) is 40.3 Å². The molecule has 1 aromatic heterocycles. The molecule has 2 aromatic rings. The van der Waals surface area contributed by atoms with E-state index in [0.29, 0.717) is 11.4 Å². The van der Waals surface area contributed by atoms with Crippen molar-refractivity contribution in [3.63, 3.8) is 0 Å². The molecule has 0 aliphatic carbocycles. The molecule has 0 saturated heterocycles. The minimum Gasteiger partial charge on any atom is -0.497 e. The summed E-state index contributed by atoms with van der Waals surface area (Å²) in [4.78, 5) is 16.9. The van der Waals surface area contributed by atoms with Gasteiger partial charge in [0.1, 0.15) is 5.75 Å². The highest BCUT2D eigenvalue weighted by molar-refractivity contribution is 7.09. The number of carboxylic acid groups (broad SMARTS) is 1. The highest BCUT2D eigenvalue weighted by Crippen LogP contribution is 2.23. The second kappa shape index (κ2) is 5.71. The van der Waals surface area contributed by atoms with Crippen LogP contribution in [-0.4, -0.2) is 23.3 Å². The van der Waals surface area contributed by atoms with Crippen molar-refractivity contribution in [2.75, 3.05) is 12.0 Å². The summed E-state index contributed by atoms with van der Waals surface area (Å²) in [6, 6.07) is 6.95. The fourth-order valence-corrected chi connectivity index (χ4v) is 2.29. The summed E-state index contributed by atoms with van der Waals surface area (Å²) in [5.41, 5.74) is 1.31. The lowest BCUT2D eigenvalue weighted by molar-refractivity contribution is 0.201. The summed E-state index contributed by atoms with van der Waals surface area (Å²) >= 11 is 1.51. The Labute approximate surface area is 115 Å². The summed E-state index contributed by atoms with van der Waals surface area (Å²) in [6.07, 6.45) is -1.01. The van der Waals surface area contributed by atoms with Gasteiger partial charge in [-0.1, -0.05) is 6.07 Å². The number of hydrogen-bond donors (Lipinski definition) is 1. The number of rotatable bonds is 4. The largest absolute Gasteiger partial charge is 0.497 e. The first-order valence-electron chi connectivity index (χ1n) is 5.65. The lowest BCUT2D eigenvalue weighted by Crippen LogP contribution is -2.28. The lowest BCUT2D eigenvalue weighted by atomic mass is 10.2.